The van der Waals surface area contributed by atoms with E-state index in [9.17, 15) is 27.6 Å². The number of hydrogen-bond acceptors (Lipinski definition) is 5. The van der Waals surface area contributed by atoms with Crippen LogP contribution in [0, 0.1) is 0 Å². The van der Waals surface area contributed by atoms with Crippen LogP contribution in [0.2, 0.25) is 0 Å². The zero-order valence-electron chi connectivity index (χ0n) is 18.1. The van der Waals surface area contributed by atoms with E-state index in [0.717, 1.165) is 0 Å². The fourth-order valence-electron chi connectivity index (χ4n) is 3.31. The lowest BCUT2D eigenvalue weighted by Crippen LogP contribution is -2.48. The van der Waals surface area contributed by atoms with Gasteiger partial charge >= 0.3 is 18.1 Å². The standard InChI is InChI=1S/C22H23F3N4O5/c1-33-18-12-15(19(30)27-28-20(31)22(23,24)25)8-7-14(18)11-17-13-29(9-10-34-17)21(32)26-16-5-3-2-4-6-16/h2-8,12,17H,9-11,13H2,1H3,(H,26,32)(H,27,30)(H,28,31). The number of carbonyl (C=O) groups excluding carboxylic acids is 3. The minimum atomic E-state index is -5.12. The molecular weight excluding hydrogens is 457 g/mol. The number of urea groups is 1. The van der Waals surface area contributed by atoms with Gasteiger partial charge in [-0.15, -0.1) is 0 Å². The number of ether oxygens (including phenoxy) is 2. The number of nitrogens with one attached hydrogen (secondary N) is 3. The number of para-hydroxylation sites is 1. The van der Waals surface area contributed by atoms with Gasteiger partial charge in [0.2, 0.25) is 0 Å². The molecule has 1 aliphatic heterocycles. The van der Waals surface area contributed by atoms with Crippen molar-refractivity contribution in [2.75, 3.05) is 32.1 Å². The Morgan fingerprint density at radius 3 is 2.53 bits per heavy atom. The number of rotatable bonds is 5. The third-order valence-electron chi connectivity index (χ3n) is 4.99. The predicted octanol–water partition coefficient (Wildman–Crippen LogP) is 2.49. The number of carbonyl (C=O) groups is 3. The lowest BCUT2D eigenvalue weighted by atomic mass is 10.0. The van der Waals surface area contributed by atoms with Gasteiger partial charge in [0.1, 0.15) is 5.75 Å². The van der Waals surface area contributed by atoms with E-state index in [1.165, 1.54) is 24.7 Å². The molecule has 2 aromatic carbocycles. The van der Waals surface area contributed by atoms with Crippen LogP contribution < -0.4 is 20.9 Å². The minimum Gasteiger partial charge on any atom is -0.496 e. The Labute approximate surface area is 193 Å². The van der Waals surface area contributed by atoms with Gasteiger partial charge in [-0.25, -0.2) is 4.79 Å². The largest absolute Gasteiger partial charge is 0.496 e. The molecule has 2 aromatic rings. The van der Waals surface area contributed by atoms with Crippen LogP contribution in [0.3, 0.4) is 0 Å². The van der Waals surface area contributed by atoms with Gasteiger partial charge in [0, 0.05) is 30.8 Å². The Hall–Kier alpha value is -3.80. The number of alkyl halides is 3. The summed E-state index contributed by atoms with van der Waals surface area (Å²) >= 11 is 0. The fourth-order valence-corrected chi connectivity index (χ4v) is 3.31. The van der Waals surface area contributed by atoms with Crippen LogP contribution in [0.25, 0.3) is 0 Å². The minimum absolute atomic E-state index is 0.0171. The SMILES string of the molecule is COc1cc(C(=O)NNC(=O)C(F)(F)F)ccc1CC1CN(C(=O)Nc2ccccc2)CCO1. The molecule has 4 amide bonds. The third-order valence-corrected chi connectivity index (χ3v) is 4.99. The first-order chi connectivity index (χ1) is 16.2. The zero-order valence-corrected chi connectivity index (χ0v) is 18.1. The second-order valence-electron chi connectivity index (χ2n) is 7.37. The van der Waals surface area contributed by atoms with Crippen molar-refractivity contribution in [1.29, 1.82) is 0 Å². The van der Waals surface area contributed by atoms with Crippen LogP contribution in [0.15, 0.2) is 48.5 Å². The number of anilines is 1. The van der Waals surface area contributed by atoms with E-state index in [4.69, 9.17) is 9.47 Å². The molecule has 34 heavy (non-hydrogen) atoms. The van der Waals surface area contributed by atoms with Gasteiger partial charge in [0.15, 0.2) is 0 Å². The Morgan fingerprint density at radius 1 is 1.12 bits per heavy atom. The Morgan fingerprint density at radius 2 is 1.85 bits per heavy atom. The van der Waals surface area contributed by atoms with Gasteiger partial charge in [0.25, 0.3) is 5.91 Å². The van der Waals surface area contributed by atoms with E-state index in [1.807, 2.05) is 18.2 Å². The van der Waals surface area contributed by atoms with Gasteiger partial charge in [0.05, 0.1) is 19.8 Å². The van der Waals surface area contributed by atoms with Crippen LogP contribution in [0.4, 0.5) is 23.7 Å². The van der Waals surface area contributed by atoms with Crippen LogP contribution in [-0.4, -0.2) is 61.8 Å². The maximum Gasteiger partial charge on any atom is 0.472 e. The Bertz CT molecular complexity index is 1030. The predicted molar refractivity (Wildman–Crippen MR) is 115 cm³/mol. The number of morpholine rings is 1. The molecule has 1 saturated heterocycles. The molecule has 3 N–H and O–H groups in total. The summed E-state index contributed by atoms with van der Waals surface area (Å²) in [6, 6.07) is 13.1. The lowest BCUT2D eigenvalue weighted by molar-refractivity contribution is -0.174. The Kier molecular flexibility index (Phi) is 7.95. The van der Waals surface area contributed by atoms with Crippen LogP contribution in [0.1, 0.15) is 15.9 Å². The molecule has 0 saturated carbocycles. The van der Waals surface area contributed by atoms with E-state index in [0.29, 0.717) is 43.1 Å². The summed E-state index contributed by atoms with van der Waals surface area (Å²) in [6.45, 7) is 1.09. The van der Waals surface area contributed by atoms with Crippen molar-refractivity contribution in [1.82, 2.24) is 15.8 Å². The monoisotopic (exact) mass is 480 g/mol. The summed E-state index contributed by atoms with van der Waals surface area (Å²) in [5, 5.41) is 2.83. The maximum absolute atomic E-state index is 12.6. The van der Waals surface area contributed by atoms with Crippen molar-refractivity contribution in [3.05, 3.63) is 59.7 Å². The molecule has 1 heterocycles. The normalized spacial score (nSPS) is 15.9. The molecule has 0 aromatic heterocycles. The molecule has 1 atom stereocenters. The molecule has 0 bridgehead atoms. The van der Waals surface area contributed by atoms with Gasteiger partial charge < -0.3 is 19.7 Å². The summed E-state index contributed by atoms with van der Waals surface area (Å²) in [7, 11) is 1.38. The van der Waals surface area contributed by atoms with Crippen molar-refractivity contribution >= 4 is 23.5 Å². The first kappa shape index (κ1) is 24.8. The summed E-state index contributed by atoms with van der Waals surface area (Å²) in [6.07, 6.45) is -5.10. The summed E-state index contributed by atoms with van der Waals surface area (Å²) in [4.78, 5) is 37.2. The van der Waals surface area contributed by atoms with Crippen molar-refractivity contribution in [3.63, 3.8) is 0 Å². The molecule has 9 nitrogen and oxygen atoms in total. The highest BCUT2D eigenvalue weighted by Gasteiger charge is 2.39. The van der Waals surface area contributed by atoms with Gasteiger partial charge in [-0.3, -0.25) is 20.4 Å². The zero-order chi connectivity index (χ0) is 24.7. The fraction of sp³-hybridized carbons (Fsp3) is 0.318. The summed E-state index contributed by atoms with van der Waals surface area (Å²) < 4.78 is 47.9. The first-order valence-electron chi connectivity index (χ1n) is 10.2. The average molecular weight is 480 g/mol. The van der Waals surface area contributed by atoms with Crippen LogP contribution in [-0.2, 0) is 16.0 Å². The Balaban J connectivity index is 1.60. The first-order valence-corrected chi connectivity index (χ1v) is 10.2. The number of hydrazine groups is 1. The summed E-state index contributed by atoms with van der Waals surface area (Å²) in [5.41, 5.74) is 4.35. The van der Waals surface area contributed by atoms with Gasteiger partial charge in [-0.05, 0) is 29.8 Å². The topological polar surface area (TPSA) is 109 Å². The van der Waals surface area contributed by atoms with Crippen molar-refractivity contribution in [3.8, 4) is 5.75 Å². The average Bonchev–Trinajstić information content (AvgIpc) is 2.82. The van der Waals surface area contributed by atoms with E-state index in [2.05, 4.69) is 5.32 Å². The maximum atomic E-state index is 12.6. The molecule has 1 aliphatic rings. The second-order valence-corrected chi connectivity index (χ2v) is 7.37. The van der Waals surface area contributed by atoms with Gasteiger partial charge in [-0.1, -0.05) is 24.3 Å². The lowest BCUT2D eigenvalue weighted by Gasteiger charge is -2.33. The molecule has 1 unspecified atom stereocenters. The van der Waals surface area contributed by atoms with E-state index >= 15 is 0 Å². The molecule has 182 valence electrons. The number of halogens is 3. The quantitative estimate of drug-likeness (QED) is 0.570. The van der Waals surface area contributed by atoms with Crippen LogP contribution >= 0.6 is 0 Å². The van der Waals surface area contributed by atoms with Crippen molar-refractivity contribution < 1.29 is 37.0 Å². The third kappa shape index (κ3) is 6.61. The van der Waals surface area contributed by atoms with Gasteiger partial charge in [-0.2, -0.15) is 13.2 Å². The molecule has 0 radical (unpaired) electrons. The molecule has 1 fully saturated rings. The molecule has 0 aliphatic carbocycles. The molecule has 3 rings (SSSR count). The highest BCUT2D eigenvalue weighted by Crippen LogP contribution is 2.24. The number of methoxy groups -OCH3 is 1. The van der Waals surface area contributed by atoms with E-state index in [-0.39, 0.29) is 17.7 Å². The molecular formula is C22H23F3N4O5. The van der Waals surface area contributed by atoms with Crippen molar-refractivity contribution in [2.24, 2.45) is 0 Å². The summed E-state index contributed by atoms with van der Waals surface area (Å²) in [5.74, 6) is -2.93. The van der Waals surface area contributed by atoms with Crippen molar-refractivity contribution in [2.45, 2.75) is 18.7 Å². The smallest absolute Gasteiger partial charge is 0.472 e. The molecule has 12 heteroatoms. The highest BCUT2D eigenvalue weighted by atomic mass is 19.4. The van der Waals surface area contributed by atoms with E-state index in [1.54, 1.807) is 28.5 Å². The molecule has 0 spiro atoms. The number of benzene rings is 2. The number of nitrogens with zero attached hydrogens (tertiary/aromatic N) is 1. The second kappa shape index (κ2) is 10.9. The highest BCUT2D eigenvalue weighted by molar-refractivity contribution is 5.96. The number of hydrogen-bond donors (Lipinski definition) is 3. The van der Waals surface area contributed by atoms with Crippen LogP contribution in [0.5, 0.6) is 5.75 Å². The van der Waals surface area contributed by atoms with E-state index < -0.39 is 18.0 Å². The number of amides is 4.